The standard InChI is InChI=1S/C28H32BrN3O4S/c1-3-4-19-30-28(34)22(2)31(20-23-15-17-24(29)18-16-23)27(33)21-32(25-11-7-5-8-12-25)37(35,36)26-13-9-6-10-14-26/h5-18,22H,3-4,19-21H2,1-2H3,(H,30,34). The SMILES string of the molecule is CCCCNC(=O)C(C)N(Cc1ccc(Br)cc1)C(=O)CN(c1ccccc1)S(=O)(=O)c1ccccc1. The number of hydrogen-bond donors (Lipinski definition) is 1. The highest BCUT2D eigenvalue weighted by Crippen LogP contribution is 2.24. The van der Waals surface area contributed by atoms with Crippen LogP contribution in [0.2, 0.25) is 0 Å². The third-order valence-corrected chi connectivity index (χ3v) is 8.23. The van der Waals surface area contributed by atoms with Crippen LogP contribution in [0.15, 0.2) is 94.3 Å². The molecular formula is C28H32BrN3O4S. The number of anilines is 1. The van der Waals surface area contributed by atoms with E-state index < -0.39 is 28.5 Å². The van der Waals surface area contributed by atoms with Crippen molar-refractivity contribution in [1.82, 2.24) is 10.2 Å². The Kier molecular flexibility index (Phi) is 10.3. The van der Waals surface area contributed by atoms with E-state index in [0.29, 0.717) is 12.2 Å². The molecule has 9 heteroatoms. The number of nitrogens with zero attached hydrogens (tertiary/aromatic N) is 2. The van der Waals surface area contributed by atoms with Gasteiger partial charge in [0.05, 0.1) is 10.6 Å². The molecule has 2 amide bonds. The summed E-state index contributed by atoms with van der Waals surface area (Å²) in [7, 11) is -4.05. The lowest BCUT2D eigenvalue weighted by Gasteiger charge is -2.32. The van der Waals surface area contributed by atoms with E-state index in [0.717, 1.165) is 27.2 Å². The van der Waals surface area contributed by atoms with Crippen LogP contribution < -0.4 is 9.62 Å². The molecular weight excluding hydrogens is 554 g/mol. The molecule has 0 aliphatic heterocycles. The van der Waals surface area contributed by atoms with E-state index in [4.69, 9.17) is 0 Å². The van der Waals surface area contributed by atoms with Crippen molar-refractivity contribution < 1.29 is 18.0 Å². The van der Waals surface area contributed by atoms with Gasteiger partial charge in [0.25, 0.3) is 10.0 Å². The minimum atomic E-state index is -4.05. The maximum Gasteiger partial charge on any atom is 0.264 e. The number of para-hydroxylation sites is 1. The van der Waals surface area contributed by atoms with Gasteiger partial charge in [0.2, 0.25) is 11.8 Å². The highest BCUT2D eigenvalue weighted by molar-refractivity contribution is 9.10. The second kappa shape index (κ2) is 13.4. The van der Waals surface area contributed by atoms with E-state index in [1.165, 1.54) is 17.0 Å². The summed E-state index contributed by atoms with van der Waals surface area (Å²) in [6, 6.07) is 23.2. The van der Waals surface area contributed by atoms with Crippen molar-refractivity contribution >= 4 is 43.5 Å². The first-order valence-corrected chi connectivity index (χ1v) is 14.4. The average molecular weight is 587 g/mol. The predicted molar refractivity (Wildman–Crippen MR) is 149 cm³/mol. The van der Waals surface area contributed by atoms with Gasteiger partial charge in [0.15, 0.2) is 0 Å². The van der Waals surface area contributed by atoms with Crippen molar-refractivity contribution in [2.24, 2.45) is 0 Å². The molecule has 3 aromatic rings. The van der Waals surface area contributed by atoms with Crippen LogP contribution >= 0.6 is 15.9 Å². The van der Waals surface area contributed by atoms with Crippen molar-refractivity contribution in [1.29, 1.82) is 0 Å². The second-order valence-corrected chi connectivity index (χ2v) is 11.4. The van der Waals surface area contributed by atoms with Gasteiger partial charge in [-0.1, -0.05) is 77.8 Å². The molecule has 0 bridgehead atoms. The molecule has 0 aliphatic rings. The molecule has 7 nitrogen and oxygen atoms in total. The minimum absolute atomic E-state index is 0.0801. The zero-order valence-corrected chi connectivity index (χ0v) is 23.4. The lowest BCUT2D eigenvalue weighted by atomic mass is 10.1. The maximum absolute atomic E-state index is 13.8. The van der Waals surface area contributed by atoms with Crippen LogP contribution in [0.25, 0.3) is 0 Å². The molecule has 0 aromatic heterocycles. The molecule has 196 valence electrons. The van der Waals surface area contributed by atoms with E-state index in [1.54, 1.807) is 55.5 Å². The molecule has 3 aromatic carbocycles. The lowest BCUT2D eigenvalue weighted by molar-refractivity contribution is -0.139. The molecule has 0 aliphatic carbocycles. The van der Waals surface area contributed by atoms with E-state index in [2.05, 4.69) is 21.2 Å². The number of rotatable bonds is 12. The highest BCUT2D eigenvalue weighted by atomic mass is 79.9. The largest absolute Gasteiger partial charge is 0.354 e. The summed E-state index contributed by atoms with van der Waals surface area (Å²) in [5.41, 5.74) is 1.19. The van der Waals surface area contributed by atoms with Crippen molar-refractivity contribution in [3.05, 3.63) is 95.0 Å². The highest BCUT2D eigenvalue weighted by Gasteiger charge is 2.32. The van der Waals surface area contributed by atoms with Crippen molar-refractivity contribution in [3.63, 3.8) is 0 Å². The van der Waals surface area contributed by atoms with Crippen LogP contribution in [0.3, 0.4) is 0 Å². The maximum atomic E-state index is 13.8. The number of halogens is 1. The Balaban J connectivity index is 1.95. The minimum Gasteiger partial charge on any atom is -0.354 e. The number of nitrogens with one attached hydrogen (secondary N) is 1. The Hall–Kier alpha value is -3.17. The number of carbonyl (C=O) groups excluding carboxylic acids is 2. The topological polar surface area (TPSA) is 86.8 Å². The Morgan fingerprint density at radius 3 is 2.11 bits per heavy atom. The molecule has 0 fully saturated rings. The predicted octanol–water partition coefficient (Wildman–Crippen LogP) is 4.98. The monoisotopic (exact) mass is 585 g/mol. The number of unbranched alkanes of at least 4 members (excludes halogenated alkanes) is 1. The molecule has 37 heavy (non-hydrogen) atoms. The molecule has 0 saturated heterocycles. The van der Waals surface area contributed by atoms with Crippen LogP contribution in [0, 0.1) is 0 Å². The van der Waals surface area contributed by atoms with Gasteiger partial charge in [0.1, 0.15) is 12.6 Å². The van der Waals surface area contributed by atoms with Gasteiger partial charge in [-0.3, -0.25) is 13.9 Å². The van der Waals surface area contributed by atoms with Gasteiger partial charge < -0.3 is 10.2 Å². The van der Waals surface area contributed by atoms with E-state index in [9.17, 15) is 18.0 Å². The smallest absolute Gasteiger partial charge is 0.264 e. The first-order valence-electron chi connectivity index (χ1n) is 12.2. The number of amides is 2. The molecule has 1 unspecified atom stereocenters. The van der Waals surface area contributed by atoms with Crippen LogP contribution in [0.4, 0.5) is 5.69 Å². The molecule has 0 spiro atoms. The Labute approximate surface area is 227 Å². The van der Waals surface area contributed by atoms with Gasteiger partial charge in [-0.25, -0.2) is 8.42 Å². The van der Waals surface area contributed by atoms with Crippen molar-refractivity contribution in [2.75, 3.05) is 17.4 Å². The van der Waals surface area contributed by atoms with Crippen LogP contribution in [-0.4, -0.2) is 44.3 Å². The van der Waals surface area contributed by atoms with Gasteiger partial charge in [0, 0.05) is 17.6 Å². The average Bonchev–Trinajstić information content (AvgIpc) is 2.91. The normalized spacial score (nSPS) is 12.0. The first kappa shape index (κ1) is 28.4. The second-order valence-electron chi connectivity index (χ2n) is 8.63. The van der Waals surface area contributed by atoms with Crippen molar-refractivity contribution in [3.8, 4) is 0 Å². The molecule has 0 heterocycles. The fraction of sp³-hybridized carbons (Fsp3) is 0.286. The fourth-order valence-electron chi connectivity index (χ4n) is 3.75. The van der Waals surface area contributed by atoms with Gasteiger partial charge in [-0.15, -0.1) is 0 Å². The number of carbonyl (C=O) groups is 2. The van der Waals surface area contributed by atoms with Gasteiger partial charge in [-0.2, -0.15) is 0 Å². The number of hydrogen-bond acceptors (Lipinski definition) is 4. The van der Waals surface area contributed by atoms with E-state index >= 15 is 0 Å². The molecule has 0 saturated carbocycles. The third kappa shape index (κ3) is 7.66. The molecule has 0 radical (unpaired) electrons. The Morgan fingerprint density at radius 1 is 0.919 bits per heavy atom. The lowest BCUT2D eigenvalue weighted by Crippen LogP contribution is -2.51. The quantitative estimate of drug-likeness (QED) is 0.304. The number of benzene rings is 3. The molecule has 1 atom stereocenters. The third-order valence-electron chi connectivity index (χ3n) is 5.92. The summed E-state index contributed by atoms with van der Waals surface area (Å²) >= 11 is 3.41. The zero-order chi connectivity index (χ0) is 26.8. The van der Waals surface area contributed by atoms with Crippen LogP contribution in [0.5, 0.6) is 0 Å². The summed E-state index contributed by atoms with van der Waals surface area (Å²) < 4.78 is 29.3. The Morgan fingerprint density at radius 2 is 1.51 bits per heavy atom. The van der Waals surface area contributed by atoms with Gasteiger partial charge in [-0.05, 0) is 55.3 Å². The number of sulfonamides is 1. The fourth-order valence-corrected chi connectivity index (χ4v) is 5.45. The first-order chi connectivity index (χ1) is 17.7. The summed E-state index contributed by atoms with van der Waals surface area (Å²) in [5, 5.41) is 2.88. The zero-order valence-electron chi connectivity index (χ0n) is 21.0. The van der Waals surface area contributed by atoms with Crippen LogP contribution in [-0.2, 0) is 26.2 Å². The van der Waals surface area contributed by atoms with E-state index in [-0.39, 0.29) is 17.3 Å². The van der Waals surface area contributed by atoms with Crippen molar-refractivity contribution in [2.45, 2.75) is 44.2 Å². The summed E-state index contributed by atoms with van der Waals surface area (Å²) in [6.07, 6.45) is 1.76. The molecule has 1 N–H and O–H groups in total. The van der Waals surface area contributed by atoms with E-state index in [1.807, 2.05) is 31.2 Å². The van der Waals surface area contributed by atoms with Gasteiger partial charge >= 0.3 is 0 Å². The summed E-state index contributed by atoms with van der Waals surface area (Å²) in [4.78, 5) is 28.2. The summed E-state index contributed by atoms with van der Waals surface area (Å²) in [5.74, 6) is -0.763. The molecule has 3 rings (SSSR count). The summed E-state index contributed by atoms with van der Waals surface area (Å²) in [6.45, 7) is 3.91. The van der Waals surface area contributed by atoms with Crippen LogP contribution in [0.1, 0.15) is 32.3 Å². The Bertz CT molecular complexity index is 1270.